The van der Waals surface area contributed by atoms with Gasteiger partial charge in [-0.1, -0.05) is 97.1 Å². The van der Waals surface area contributed by atoms with Gasteiger partial charge in [0.25, 0.3) is 0 Å². The van der Waals surface area contributed by atoms with Gasteiger partial charge in [0.2, 0.25) is 0 Å². The summed E-state index contributed by atoms with van der Waals surface area (Å²) in [6, 6.07) is 57.3. The number of thiophene rings is 1. The van der Waals surface area contributed by atoms with Gasteiger partial charge in [0.15, 0.2) is 17.5 Å². The fourth-order valence-electron chi connectivity index (χ4n) is 7.44. The Kier molecular flexibility index (Phi) is 6.83. The average molecular weight is 714 g/mol. The number of rotatable bonds is 5. The first-order chi connectivity index (χ1) is 26.2. The minimum atomic E-state index is 0.634. The molecule has 248 valence electrons. The molecule has 0 unspecified atom stereocenters. The summed E-state index contributed by atoms with van der Waals surface area (Å²) in [5, 5.41) is 5.82. The Morgan fingerprint density at radius 3 is 1.77 bits per heavy atom. The summed E-state index contributed by atoms with van der Waals surface area (Å²) in [6.07, 6.45) is 0. The number of thiazole rings is 1. The zero-order valence-electron chi connectivity index (χ0n) is 28.1. The molecule has 0 aliphatic heterocycles. The van der Waals surface area contributed by atoms with Crippen LogP contribution in [-0.4, -0.2) is 24.5 Å². The molecule has 0 atom stereocenters. The highest BCUT2D eigenvalue weighted by Gasteiger charge is 2.19. The molecule has 0 aliphatic carbocycles. The van der Waals surface area contributed by atoms with Gasteiger partial charge in [0.1, 0.15) is 5.01 Å². The van der Waals surface area contributed by atoms with Crippen LogP contribution in [0.5, 0.6) is 0 Å². The second kappa shape index (κ2) is 12.0. The monoisotopic (exact) mass is 713 g/mol. The first kappa shape index (κ1) is 30.1. The number of fused-ring (bicyclic) bond motifs is 7. The molecule has 7 aromatic carbocycles. The maximum Gasteiger partial charge on any atom is 0.164 e. The fraction of sp³-hybridized carbons (Fsp3) is 0. The Hall–Kier alpha value is -6.54. The summed E-state index contributed by atoms with van der Waals surface area (Å²) in [5.41, 5.74) is 8.43. The summed E-state index contributed by atoms with van der Waals surface area (Å²) in [7, 11) is 0. The minimum absolute atomic E-state index is 0.634. The van der Waals surface area contributed by atoms with Crippen LogP contribution in [-0.2, 0) is 0 Å². The van der Waals surface area contributed by atoms with Crippen molar-refractivity contribution in [2.75, 3.05) is 0 Å². The van der Waals surface area contributed by atoms with Gasteiger partial charge in [-0.15, -0.1) is 22.7 Å². The molecule has 4 heterocycles. The van der Waals surface area contributed by atoms with Crippen molar-refractivity contribution in [3.8, 4) is 50.4 Å². The van der Waals surface area contributed by atoms with Crippen molar-refractivity contribution in [3.05, 3.63) is 164 Å². The van der Waals surface area contributed by atoms with Gasteiger partial charge in [-0.05, 0) is 66.7 Å². The predicted molar refractivity (Wildman–Crippen MR) is 222 cm³/mol. The number of hydrogen-bond acceptors (Lipinski definition) is 6. The molecule has 11 aromatic rings. The number of nitrogens with zero attached hydrogens (tertiary/aromatic N) is 5. The van der Waals surface area contributed by atoms with Crippen molar-refractivity contribution < 1.29 is 0 Å². The van der Waals surface area contributed by atoms with Crippen LogP contribution in [0.1, 0.15) is 0 Å². The lowest BCUT2D eigenvalue weighted by atomic mass is 10.0. The van der Waals surface area contributed by atoms with Crippen LogP contribution in [0.3, 0.4) is 0 Å². The molecule has 4 aromatic heterocycles. The van der Waals surface area contributed by atoms with E-state index in [9.17, 15) is 0 Å². The molecule has 0 N–H and O–H groups in total. The highest BCUT2D eigenvalue weighted by molar-refractivity contribution is 7.26. The average Bonchev–Trinajstić information content (AvgIpc) is 3.93. The second-order valence-corrected chi connectivity index (χ2v) is 15.2. The third kappa shape index (κ3) is 4.97. The lowest BCUT2D eigenvalue weighted by Gasteiger charge is -2.11. The van der Waals surface area contributed by atoms with Crippen LogP contribution in [0.4, 0.5) is 0 Å². The van der Waals surface area contributed by atoms with E-state index in [2.05, 4.69) is 144 Å². The van der Waals surface area contributed by atoms with Crippen molar-refractivity contribution in [3.63, 3.8) is 0 Å². The predicted octanol–water partition coefficient (Wildman–Crippen LogP) is 12.6. The smallest absolute Gasteiger partial charge is 0.164 e. The van der Waals surface area contributed by atoms with E-state index in [4.69, 9.17) is 19.9 Å². The fourth-order valence-corrected chi connectivity index (χ4v) is 9.52. The van der Waals surface area contributed by atoms with Gasteiger partial charge in [0.05, 0.1) is 21.3 Å². The maximum absolute atomic E-state index is 5.20. The Morgan fingerprint density at radius 2 is 1.02 bits per heavy atom. The van der Waals surface area contributed by atoms with Gasteiger partial charge >= 0.3 is 0 Å². The molecule has 53 heavy (non-hydrogen) atoms. The van der Waals surface area contributed by atoms with Crippen molar-refractivity contribution in [2.24, 2.45) is 0 Å². The molecular weight excluding hydrogens is 687 g/mol. The van der Waals surface area contributed by atoms with E-state index >= 15 is 0 Å². The first-order valence-corrected chi connectivity index (χ1v) is 19.1. The van der Waals surface area contributed by atoms with E-state index in [-0.39, 0.29) is 0 Å². The van der Waals surface area contributed by atoms with Crippen LogP contribution < -0.4 is 0 Å². The Labute approximate surface area is 312 Å². The molecule has 0 saturated carbocycles. The lowest BCUT2D eigenvalue weighted by molar-refractivity contribution is 1.07. The minimum Gasteiger partial charge on any atom is -0.309 e. The number of hydrogen-bond donors (Lipinski definition) is 0. The van der Waals surface area contributed by atoms with Crippen LogP contribution in [0.2, 0.25) is 0 Å². The standard InChI is InChI=1S/C46H27N5S2/c1-2-11-28(12-3-1)43-48-44(29-21-24-31(25-22-29)51-37-17-7-4-13-32(37)33-14-5-8-18-38(33)51)50-45(49-43)34-15-10-20-41-42(34)35-27-30(23-26-39(35)52-41)46-47-36-16-6-9-19-40(36)53-46/h1-27H. The van der Waals surface area contributed by atoms with Crippen LogP contribution in [0, 0.1) is 0 Å². The molecule has 7 heteroatoms. The summed E-state index contributed by atoms with van der Waals surface area (Å²) in [4.78, 5) is 20.4. The van der Waals surface area contributed by atoms with E-state index in [1.54, 1.807) is 22.7 Å². The van der Waals surface area contributed by atoms with E-state index in [0.29, 0.717) is 17.5 Å². The largest absolute Gasteiger partial charge is 0.309 e. The zero-order chi connectivity index (χ0) is 34.9. The molecule has 0 bridgehead atoms. The van der Waals surface area contributed by atoms with Crippen molar-refractivity contribution in [1.29, 1.82) is 0 Å². The molecule has 5 nitrogen and oxygen atoms in total. The molecule has 0 saturated heterocycles. The summed E-state index contributed by atoms with van der Waals surface area (Å²) < 4.78 is 5.93. The molecule has 0 spiro atoms. The third-order valence-corrected chi connectivity index (χ3v) is 12.1. The van der Waals surface area contributed by atoms with Gasteiger partial charge in [-0.3, -0.25) is 0 Å². The van der Waals surface area contributed by atoms with Crippen LogP contribution >= 0.6 is 22.7 Å². The van der Waals surface area contributed by atoms with Gasteiger partial charge < -0.3 is 4.57 Å². The van der Waals surface area contributed by atoms with Crippen LogP contribution in [0.25, 0.3) is 103 Å². The Morgan fingerprint density at radius 1 is 0.396 bits per heavy atom. The van der Waals surface area contributed by atoms with Gasteiger partial charge in [-0.25, -0.2) is 19.9 Å². The highest BCUT2D eigenvalue weighted by atomic mass is 32.1. The van der Waals surface area contributed by atoms with Crippen molar-refractivity contribution in [2.45, 2.75) is 0 Å². The SMILES string of the molecule is c1ccc(-c2nc(-c3ccc(-n4c5ccccc5c5ccccc54)cc3)nc(-c3cccc4sc5ccc(-c6nc7ccccc7s6)cc5c34)n2)cc1. The quantitative estimate of drug-likeness (QED) is 0.178. The Balaban J connectivity index is 1.07. The molecule has 11 rings (SSSR count). The highest BCUT2D eigenvalue weighted by Crippen LogP contribution is 2.42. The molecule has 0 radical (unpaired) electrons. The van der Waals surface area contributed by atoms with Gasteiger partial charge in [0, 0.05) is 58.9 Å². The maximum atomic E-state index is 5.20. The van der Waals surface area contributed by atoms with E-state index in [0.717, 1.165) is 43.9 Å². The molecular formula is C46H27N5S2. The van der Waals surface area contributed by atoms with E-state index < -0.39 is 0 Å². The zero-order valence-corrected chi connectivity index (χ0v) is 29.8. The Bertz CT molecular complexity index is 3090. The first-order valence-electron chi connectivity index (χ1n) is 17.5. The normalized spacial score (nSPS) is 11.8. The summed E-state index contributed by atoms with van der Waals surface area (Å²) in [6.45, 7) is 0. The van der Waals surface area contributed by atoms with Gasteiger partial charge in [-0.2, -0.15) is 0 Å². The summed E-state index contributed by atoms with van der Waals surface area (Å²) in [5.74, 6) is 1.93. The third-order valence-electron chi connectivity index (χ3n) is 9.91. The van der Waals surface area contributed by atoms with Crippen LogP contribution in [0.15, 0.2) is 164 Å². The molecule has 0 fully saturated rings. The lowest BCUT2D eigenvalue weighted by Crippen LogP contribution is -2.01. The van der Waals surface area contributed by atoms with E-state index in [1.807, 2.05) is 24.3 Å². The summed E-state index contributed by atoms with van der Waals surface area (Å²) >= 11 is 3.52. The second-order valence-electron chi connectivity index (χ2n) is 13.1. The van der Waals surface area contributed by atoms with Crippen molar-refractivity contribution >= 4 is 74.9 Å². The topological polar surface area (TPSA) is 56.5 Å². The van der Waals surface area contributed by atoms with Crippen molar-refractivity contribution in [1.82, 2.24) is 24.5 Å². The molecule has 0 amide bonds. The van der Waals surface area contributed by atoms with E-state index in [1.165, 1.54) is 41.3 Å². The molecule has 0 aliphatic rings. The number of aromatic nitrogens is 5. The number of benzene rings is 7. The number of para-hydroxylation sites is 3.